The normalized spacial score (nSPS) is 10.1. The molecule has 14 heavy (non-hydrogen) atoms. The summed E-state index contributed by atoms with van der Waals surface area (Å²) in [7, 11) is 0. The third kappa shape index (κ3) is 2.18. The molecule has 0 atom stereocenters. The monoisotopic (exact) mass is 385 g/mol. The van der Waals surface area contributed by atoms with E-state index in [0.717, 1.165) is 6.54 Å². The van der Waals surface area contributed by atoms with Crippen molar-refractivity contribution in [2.75, 3.05) is 6.26 Å². The van der Waals surface area contributed by atoms with Crippen LogP contribution >= 0.6 is 11.8 Å². The van der Waals surface area contributed by atoms with Crippen LogP contribution in [0, 0.1) is 0 Å². The standard InChI is InChI=1S/C10H12NSSe.HI/c1-3-11-8-6-4-5-7-9(8)13-10(11)12-2;/h4-7H,3H2,1-2H3;1H/q+1;/p-1. The summed E-state index contributed by atoms with van der Waals surface area (Å²) in [5, 5.41) is 0. The van der Waals surface area contributed by atoms with Gasteiger partial charge in [-0.25, -0.2) is 0 Å². The minimum Gasteiger partial charge on any atom is -1.00 e. The molecule has 1 aromatic heterocycles. The summed E-state index contributed by atoms with van der Waals surface area (Å²) in [4.78, 5) is 0. The van der Waals surface area contributed by atoms with Gasteiger partial charge in [-0.3, -0.25) is 0 Å². The van der Waals surface area contributed by atoms with Crippen molar-refractivity contribution in [2.24, 2.45) is 0 Å². The van der Waals surface area contributed by atoms with Crippen LogP contribution < -0.4 is 28.5 Å². The SMILES string of the molecule is CC[n+]1c(SC)[se]c2ccccc21.[I-]. The Hall–Kier alpha value is 0.489. The van der Waals surface area contributed by atoms with E-state index in [0.29, 0.717) is 14.5 Å². The maximum Gasteiger partial charge on any atom is -1.00 e. The van der Waals surface area contributed by atoms with Gasteiger partial charge >= 0.3 is 88.5 Å². The van der Waals surface area contributed by atoms with Crippen LogP contribution in [0.15, 0.2) is 28.2 Å². The second kappa shape index (κ2) is 5.54. The average molecular weight is 384 g/mol. The molecular weight excluding hydrogens is 372 g/mol. The number of hydrogen-bond acceptors (Lipinski definition) is 1. The van der Waals surface area contributed by atoms with Crippen LogP contribution in [0.2, 0.25) is 0 Å². The molecule has 0 aliphatic rings. The largest absolute Gasteiger partial charge is 1.00 e. The van der Waals surface area contributed by atoms with Crippen molar-refractivity contribution in [3.63, 3.8) is 0 Å². The predicted molar refractivity (Wildman–Crippen MR) is 58.5 cm³/mol. The van der Waals surface area contributed by atoms with Crippen molar-refractivity contribution in [3.05, 3.63) is 24.3 Å². The van der Waals surface area contributed by atoms with Crippen LogP contribution in [0.5, 0.6) is 0 Å². The first-order valence-electron chi connectivity index (χ1n) is 4.32. The third-order valence-electron chi connectivity index (χ3n) is 2.06. The maximum absolute atomic E-state index is 2.43. The molecule has 0 radical (unpaired) electrons. The second-order valence-corrected chi connectivity index (χ2v) is 6.32. The molecule has 0 N–H and O–H groups in total. The van der Waals surface area contributed by atoms with Crippen molar-refractivity contribution >= 4 is 36.0 Å². The van der Waals surface area contributed by atoms with Crippen LogP contribution in [0.4, 0.5) is 0 Å². The summed E-state index contributed by atoms with van der Waals surface area (Å²) in [5.41, 5.74) is 1.43. The number of hydrogen-bond donors (Lipinski definition) is 0. The molecule has 1 nitrogen and oxygen atoms in total. The van der Waals surface area contributed by atoms with E-state index in [9.17, 15) is 0 Å². The molecule has 0 amide bonds. The van der Waals surface area contributed by atoms with E-state index in [-0.39, 0.29) is 24.0 Å². The Morgan fingerprint density at radius 2 is 2.07 bits per heavy atom. The Morgan fingerprint density at radius 3 is 2.71 bits per heavy atom. The van der Waals surface area contributed by atoms with Gasteiger partial charge in [-0.1, -0.05) is 0 Å². The number of fused-ring (bicyclic) bond motifs is 1. The average Bonchev–Trinajstić information content (AvgIpc) is 2.55. The van der Waals surface area contributed by atoms with Gasteiger partial charge in [-0.2, -0.15) is 0 Å². The summed E-state index contributed by atoms with van der Waals surface area (Å²) >= 11 is 2.44. The van der Waals surface area contributed by atoms with Crippen molar-refractivity contribution < 1.29 is 28.5 Å². The minimum atomic E-state index is 0. The molecule has 1 aromatic carbocycles. The topological polar surface area (TPSA) is 3.88 Å². The Kier molecular flexibility index (Phi) is 4.97. The van der Waals surface area contributed by atoms with Gasteiger partial charge in [0.25, 0.3) is 0 Å². The van der Waals surface area contributed by atoms with Crippen LogP contribution in [0.3, 0.4) is 0 Å². The molecular formula is C10H12INSSe. The zero-order valence-electron chi connectivity index (χ0n) is 8.16. The number of halogens is 1. The van der Waals surface area contributed by atoms with Gasteiger partial charge in [-0.05, 0) is 0 Å². The Labute approximate surface area is 112 Å². The molecule has 0 fully saturated rings. The second-order valence-electron chi connectivity index (χ2n) is 2.78. The van der Waals surface area contributed by atoms with E-state index < -0.39 is 0 Å². The van der Waals surface area contributed by atoms with E-state index in [2.05, 4.69) is 42.0 Å². The summed E-state index contributed by atoms with van der Waals surface area (Å²) in [6.07, 6.45) is 2.17. The zero-order valence-corrected chi connectivity index (χ0v) is 12.8. The van der Waals surface area contributed by atoms with Crippen molar-refractivity contribution in [1.82, 2.24) is 0 Å². The third-order valence-corrected chi connectivity index (χ3v) is 6.13. The van der Waals surface area contributed by atoms with Gasteiger partial charge in [0.1, 0.15) is 0 Å². The van der Waals surface area contributed by atoms with Gasteiger partial charge in [0.15, 0.2) is 0 Å². The summed E-state index contributed by atoms with van der Waals surface area (Å²) in [6, 6.07) is 8.74. The van der Waals surface area contributed by atoms with E-state index in [1.165, 1.54) is 13.7 Å². The van der Waals surface area contributed by atoms with E-state index in [4.69, 9.17) is 0 Å². The zero-order chi connectivity index (χ0) is 9.26. The maximum atomic E-state index is 2.43. The van der Waals surface area contributed by atoms with Crippen molar-refractivity contribution in [3.8, 4) is 0 Å². The number of aryl methyl sites for hydroxylation is 1. The molecule has 2 aromatic rings. The molecule has 0 saturated heterocycles. The molecule has 1 heterocycles. The quantitative estimate of drug-likeness (QED) is 0.276. The number of rotatable bonds is 2. The molecule has 0 saturated carbocycles. The number of thioether (sulfide) groups is 1. The summed E-state index contributed by atoms with van der Waals surface area (Å²) in [5.74, 6) is 0. The fraction of sp³-hybridized carbons (Fsp3) is 0.300. The first-order chi connectivity index (χ1) is 6.36. The molecule has 2 rings (SSSR count). The first-order valence-corrected chi connectivity index (χ1v) is 7.26. The Balaban J connectivity index is 0.000000980. The van der Waals surface area contributed by atoms with E-state index >= 15 is 0 Å². The summed E-state index contributed by atoms with van der Waals surface area (Å²) < 4.78 is 5.50. The van der Waals surface area contributed by atoms with Crippen LogP contribution in [-0.4, -0.2) is 20.8 Å². The van der Waals surface area contributed by atoms with Gasteiger partial charge in [-0.15, -0.1) is 0 Å². The number of nitrogens with zero attached hydrogens (tertiary/aromatic N) is 1. The van der Waals surface area contributed by atoms with E-state index in [1.54, 1.807) is 0 Å². The molecule has 76 valence electrons. The van der Waals surface area contributed by atoms with E-state index in [1.807, 2.05) is 11.8 Å². The number of aromatic nitrogens is 1. The van der Waals surface area contributed by atoms with Gasteiger partial charge in [0.05, 0.1) is 0 Å². The molecule has 0 aliphatic carbocycles. The van der Waals surface area contributed by atoms with Gasteiger partial charge in [0.2, 0.25) is 0 Å². The number of benzene rings is 1. The Bertz CT molecular complexity index is 427. The number of para-hydroxylation sites is 1. The smallest absolute Gasteiger partial charge is 1.00 e. The fourth-order valence-corrected chi connectivity index (χ4v) is 4.99. The fourth-order valence-electron chi connectivity index (χ4n) is 1.47. The first kappa shape index (κ1) is 12.6. The minimum absolute atomic E-state index is 0. The van der Waals surface area contributed by atoms with Crippen molar-refractivity contribution in [2.45, 2.75) is 17.4 Å². The Morgan fingerprint density at radius 1 is 1.36 bits per heavy atom. The van der Waals surface area contributed by atoms with Crippen LogP contribution in [-0.2, 0) is 6.54 Å². The molecule has 0 aliphatic heterocycles. The van der Waals surface area contributed by atoms with Crippen LogP contribution in [0.25, 0.3) is 9.78 Å². The van der Waals surface area contributed by atoms with Crippen LogP contribution in [0.1, 0.15) is 6.92 Å². The molecule has 0 spiro atoms. The molecule has 4 heteroatoms. The summed E-state index contributed by atoms with van der Waals surface area (Å²) in [6.45, 7) is 3.31. The van der Waals surface area contributed by atoms with Gasteiger partial charge < -0.3 is 24.0 Å². The molecule has 0 unspecified atom stereocenters. The predicted octanol–water partition coefficient (Wildman–Crippen LogP) is -1.07. The van der Waals surface area contributed by atoms with Gasteiger partial charge in [0, 0.05) is 0 Å². The van der Waals surface area contributed by atoms with Crippen molar-refractivity contribution in [1.29, 1.82) is 0 Å². The molecule has 0 bridgehead atoms.